The summed E-state index contributed by atoms with van der Waals surface area (Å²) in [5.74, 6) is 1.42. The summed E-state index contributed by atoms with van der Waals surface area (Å²) in [6.07, 6.45) is 0. The summed E-state index contributed by atoms with van der Waals surface area (Å²) in [4.78, 5) is 28.6. The average Bonchev–Trinajstić information content (AvgIpc) is 3.04. The molecule has 2 rings (SSSR count). The first-order chi connectivity index (χ1) is 12.9. The molecule has 0 unspecified atom stereocenters. The van der Waals surface area contributed by atoms with E-state index in [0.717, 1.165) is 17.1 Å². The van der Waals surface area contributed by atoms with E-state index in [1.807, 2.05) is 70.2 Å². The van der Waals surface area contributed by atoms with Crippen LogP contribution < -0.4 is 5.32 Å². The highest BCUT2D eigenvalue weighted by Crippen LogP contribution is 2.14. The quantitative estimate of drug-likeness (QED) is 0.772. The third-order valence-corrected chi connectivity index (χ3v) is 4.23. The number of benzene rings is 1. The van der Waals surface area contributed by atoms with Gasteiger partial charge >= 0.3 is 6.03 Å². The molecule has 6 heteroatoms. The van der Waals surface area contributed by atoms with Crippen LogP contribution in [0.1, 0.15) is 37.9 Å². The second kappa shape index (κ2) is 9.80. The van der Waals surface area contributed by atoms with Gasteiger partial charge in [-0.25, -0.2) is 4.79 Å². The molecule has 0 aliphatic heterocycles. The first-order valence-corrected chi connectivity index (χ1v) is 9.32. The van der Waals surface area contributed by atoms with E-state index in [-0.39, 0.29) is 24.5 Å². The van der Waals surface area contributed by atoms with Crippen LogP contribution in [0.3, 0.4) is 0 Å². The highest BCUT2D eigenvalue weighted by molar-refractivity contribution is 5.84. The third kappa shape index (κ3) is 6.16. The Morgan fingerprint density at radius 2 is 1.78 bits per heavy atom. The van der Waals surface area contributed by atoms with E-state index in [1.54, 1.807) is 9.80 Å². The predicted octanol–water partition coefficient (Wildman–Crippen LogP) is 3.56. The van der Waals surface area contributed by atoms with Gasteiger partial charge in [-0.2, -0.15) is 0 Å². The van der Waals surface area contributed by atoms with E-state index < -0.39 is 0 Å². The molecule has 0 aliphatic rings. The maximum atomic E-state index is 13.0. The Balaban J connectivity index is 2.17. The van der Waals surface area contributed by atoms with Crippen LogP contribution >= 0.6 is 0 Å². The van der Waals surface area contributed by atoms with Crippen molar-refractivity contribution in [3.8, 4) is 0 Å². The maximum absolute atomic E-state index is 13.0. The standard InChI is InChI=1S/C21H29N3O3/c1-5-22-21(26)24(16(2)3)15-20(25)23(13-18-9-7-6-8-10-18)14-19-12-11-17(4)27-19/h6-12,16H,5,13-15H2,1-4H3,(H,22,26). The lowest BCUT2D eigenvalue weighted by Crippen LogP contribution is -2.49. The molecule has 0 fully saturated rings. The monoisotopic (exact) mass is 371 g/mol. The van der Waals surface area contributed by atoms with E-state index in [2.05, 4.69) is 5.32 Å². The Bertz CT molecular complexity index is 740. The second-order valence-corrected chi connectivity index (χ2v) is 6.80. The Hall–Kier alpha value is -2.76. The average molecular weight is 371 g/mol. The summed E-state index contributed by atoms with van der Waals surface area (Å²) in [5, 5.41) is 2.77. The number of nitrogens with zero attached hydrogens (tertiary/aromatic N) is 2. The van der Waals surface area contributed by atoms with Crippen molar-refractivity contribution in [2.75, 3.05) is 13.1 Å². The van der Waals surface area contributed by atoms with Crippen molar-refractivity contribution in [1.29, 1.82) is 0 Å². The molecule has 0 bridgehead atoms. The fourth-order valence-corrected chi connectivity index (χ4v) is 2.78. The number of furan rings is 1. The summed E-state index contributed by atoms with van der Waals surface area (Å²) in [6, 6.07) is 13.3. The van der Waals surface area contributed by atoms with Crippen LogP contribution in [0, 0.1) is 6.92 Å². The van der Waals surface area contributed by atoms with Crippen molar-refractivity contribution >= 4 is 11.9 Å². The molecule has 146 valence electrons. The molecular formula is C21H29N3O3. The molecule has 1 N–H and O–H groups in total. The van der Waals surface area contributed by atoms with Crippen molar-refractivity contribution in [3.05, 3.63) is 59.5 Å². The molecule has 2 aromatic rings. The zero-order valence-electron chi connectivity index (χ0n) is 16.6. The maximum Gasteiger partial charge on any atom is 0.318 e. The van der Waals surface area contributed by atoms with Gasteiger partial charge in [0.15, 0.2) is 0 Å². The fourth-order valence-electron chi connectivity index (χ4n) is 2.78. The Morgan fingerprint density at radius 1 is 1.07 bits per heavy atom. The summed E-state index contributed by atoms with van der Waals surface area (Å²) < 4.78 is 5.65. The van der Waals surface area contributed by atoms with Gasteiger partial charge in [-0.05, 0) is 45.4 Å². The largest absolute Gasteiger partial charge is 0.464 e. The van der Waals surface area contributed by atoms with Gasteiger partial charge in [0.25, 0.3) is 0 Å². The minimum absolute atomic E-state index is 0.0238. The first kappa shape index (κ1) is 20.6. The molecule has 1 aromatic heterocycles. The minimum atomic E-state index is -0.227. The van der Waals surface area contributed by atoms with Gasteiger partial charge in [0.1, 0.15) is 18.1 Å². The molecule has 0 saturated heterocycles. The topological polar surface area (TPSA) is 65.8 Å². The Labute approximate surface area is 161 Å². The van der Waals surface area contributed by atoms with E-state index in [0.29, 0.717) is 19.6 Å². The number of urea groups is 1. The lowest BCUT2D eigenvalue weighted by atomic mass is 10.2. The van der Waals surface area contributed by atoms with E-state index in [1.165, 1.54) is 0 Å². The Morgan fingerprint density at radius 3 is 2.33 bits per heavy atom. The predicted molar refractivity (Wildman–Crippen MR) is 105 cm³/mol. The molecule has 0 atom stereocenters. The number of rotatable bonds is 8. The molecule has 27 heavy (non-hydrogen) atoms. The van der Waals surface area contributed by atoms with Crippen LogP contribution in [-0.2, 0) is 17.9 Å². The van der Waals surface area contributed by atoms with Crippen molar-refractivity contribution < 1.29 is 14.0 Å². The van der Waals surface area contributed by atoms with E-state index in [4.69, 9.17) is 4.42 Å². The van der Waals surface area contributed by atoms with Crippen LogP contribution in [0.15, 0.2) is 46.9 Å². The van der Waals surface area contributed by atoms with Gasteiger partial charge in [-0.1, -0.05) is 30.3 Å². The summed E-state index contributed by atoms with van der Waals surface area (Å²) in [5.41, 5.74) is 1.03. The molecule has 0 radical (unpaired) electrons. The van der Waals surface area contributed by atoms with Gasteiger partial charge < -0.3 is 19.5 Å². The third-order valence-electron chi connectivity index (χ3n) is 4.23. The molecule has 1 heterocycles. The number of hydrogen-bond acceptors (Lipinski definition) is 3. The van der Waals surface area contributed by atoms with Gasteiger partial charge in [0.2, 0.25) is 5.91 Å². The molecular weight excluding hydrogens is 342 g/mol. The smallest absolute Gasteiger partial charge is 0.318 e. The second-order valence-electron chi connectivity index (χ2n) is 6.80. The molecule has 0 saturated carbocycles. The van der Waals surface area contributed by atoms with Gasteiger partial charge in [0.05, 0.1) is 6.54 Å². The highest BCUT2D eigenvalue weighted by atomic mass is 16.3. The number of aryl methyl sites for hydroxylation is 1. The van der Waals surface area contributed by atoms with Gasteiger partial charge in [-0.15, -0.1) is 0 Å². The highest BCUT2D eigenvalue weighted by Gasteiger charge is 2.24. The van der Waals surface area contributed by atoms with E-state index >= 15 is 0 Å². The van der Waals surface area contributed by atoms with Gasteiger partial charge in [-0.3, -0.25) is 4.79 Å². The first-order valence-electron chi connectivity index (χ1n) is 9.32. The van der Waals surface area contributed by atoms with Crippen LogP contribution in [0.4, 0.5) is 4.79 Å². The number of carbonyl (C=O) groups is 2. The zero-order valence-corrected chi connectivity index (χ0v) is 16.6. The fraction of sp³-hybridized carbons (Fsp3) is 0.429. The van der Waals surface area contributed by atoms with Crippen LogP contribution in [-0.4, -0.2) is 40.9 Å². The zero-order chi connectivity index (χ0) is 19.8. The summed E-state index contributed by atoms with van der Waals surface area (Å²) in [7, 11) is 0. The van der Waals surface area contributed by atoms with Crippen LogP contribution in [0.2, 0.25) is 0 Å². The Kier molecular flexibility index (Phi) is 7.46. The lowest BCUT2D eigenvalue weighted by Gasteiger charge is -2.29. The van der Waals surface area contributed by atoms with Gasteiger partial charge in [0, 0.05) is 19.1 Å². The normalized spacial score (nSPS) is 10.7. The number of hydrogen-bond donors (Lipinski definition) is 1. The van der Waals surface area contributed by atoms with Crippen molar-refractivity contribution in [2.45, 2.75) is 46.8 Å². The molecule has 0 spiro atoms. The number of carbonyl (C=O) groups excluding carboxylic acids is 2. The number of nitrogens with one attached hydrogen (secondary N) is 1. The SMILES string of the molecule is CCNC(=O)N(CC(=O)N(Cc1ccccc1)Cc1ccc(C)o1)C(C)C. The van der Waals surface area contributed by atoms with E-state index in [9.17, 15) is 9.59 Å². The summed E-state index contributed by atoms with van der Waals surface area (Å²) in [6.45, 7) is 8.91. The number of amides is 3. The van der Waals surface area contributed by atoms with Crippen LogP contribution in [0.25, 0.3) is 0 Å². The summed E-state index contributed by atoms with van der Waals surface area (Å²) >= 11 is 0. The molecule has 6 nitrogen and oxygen atoms in total. The molecule has 1 aromatic carbocycles. The molecule has 0 aliphatic carbocycles. The van der Waals surface area contributed by atoms with Crippen molar-refractivity contribution in [1.82, 2.24) is 15.1 Å². The molecule has 3 amide bonds. The lowest BCUT2D eigenvalue weighted by molar-refractivity contribution is -0.133. The van der Waals surface area contributed by atoms with Crippen molar-refractivity contribution in [3.63, 3.8) is 0 Å². The van der Waals surface area contributed by atoms with Crippen LogP contribution in [0.5, 0.6) is 0 Å². The van der Waals surface area contributed by atoms with Crippen molar-refractivity contribution in [2.24, 2.45) is 0 Å². The minimum Gasteiger partial charge on any atom is -0.464 e.